The lowest BCUT2D eigenvalue weighted by Crippen LogP contribution is -2.26. The molecule has 0 amide bonds. The van der Waals surface area contributed by atoms with Crippen LogP contribution in [0.4, 0.5) is 0 Å². The van der Waals surface area contributed by atoms with Gasteiger partial charge in [-0.3, -0.25) is 9.36 Å². The molecule has 2 rings (SSSR count). The predicted octanol–water partition coefficient (Wildman–Crippen LogP) is -0.0486. The summed E-state index contributed by atoms with van der Waals surface area (Å²) in [6.45, 7) is 4.48. The van der Waals surface area contributed by atoms with Crippen LogP contribution in [0.1, 0.15) is 18.2 Å². The minimum atomic E-state index is 0.140. The summed E-state index contributed by atoms with van der Waals surface area (Å²) in [4.78, 5) is 16.2. The Morgan fingerprint density at radius 1 is 1.50 bits per heavy atom. The predicted molar refractivity (Wildman–Crippen MR) is 54.4 cm³/mol. The Morgan fingerprint density at radius 2 is 2.29 bits per heavy atom. The van der Waals surface area contributed by atoms with E-state index in [-0.39, 0.29) is 5.56 Å². The summed E-state index contributed by atoms with van der Waals surface area (Å²) in [5, 5.41) is 3.27. The maximum atomic E-state index is 11.9. The first-order chi connectivity index (χ1) is 6.83. The molecule has 0 saturated carbocycles. The Hall–Kier alpha value is -1.16. The van der Waals surface area contributed by atoms with Crippen molar-refractivity contribution in [3.05, 3.63) is 27.9 Å². The largest absolute Gasteiger partial charge is 0.316 e. The van der Waals surface area contributed by atoms with Gasteiger partial charge in [0.25, 0.3) is 5.56 Å². The molecule has 0 spiro atoms. The van der Waals surface area contributed by atoms with Crippen LogP contribution in [0.15, 0.2) is 11.1 Å². The minimum absolute atomic E-state index is 0.140. The van der Waals surface area contributed by atoms with E-state index in [9.17, 15) is 4.79 Å². The summed E-state index contributed by atoms with van der Waals surface area (Å²) in [5.41, 5.74) is 2.02. The molecular weight excluding hydrogens is 178 g/mol. The quantitative estimate of drug-likeness (QED) is 0.680. The number of hydrogen-bond donors (Lipinski definition) is 1. The molecule has 76 valence electrons. The lowest BCUT2D eigenvalue weighted by molar-refractivity contribution is 0.684. The standard InChI is InChI=1S/C10H15N3O/c1-2-13-7-12-9-4-6-11-5-3-8(9)10(13)14/h7,11H,2-6H2,1H3. The second-order valence-corrected chi connectivity index (χ2v) is 3.51. The van der Waals surface area contributed by atoms with Crippen LogP contribution < -0.4 is 10.9 Å². The molecule has 0 radical (unpaired) electrons. The van der Waals surface area contributed by atoms with Gasteiger partial charge in [-0.15, -0.1) is 0 Å². The van der Waals surface area contributed by atoms with Crippen LogP contribution in [-0.2, 0) is 19.4 Å². The first-order valence-corrected chi connectivity index (χ1v) is 5.11. The molecule has 4 heteroatoms. The van der Waals surface area contributed by atoms with E-state index in [4.69, 9.17) is 0 Å². The zero-order valence-electron chi connectivity index (χ0n) is 8.42. The molecule has 0 aromatic carbocycles. The number of fused-ring (bicyclic) bond motifs is 1. The first kappa shape index (κ1) is 9.40. The zero-order chi connectivity index (χ0) is 9.97. The molecule has 2 heterocycles. The Labute approximate surface area is 83.0 Å². The van der Waals surface area contributed by atoms with E-state index < -0.39 is 0 Å². The van der Waals surface area contributed by atoms with Gasteiger partial charge >= 0.3 is 0 Å². The third-order valence-electron chi connectivity index (χ3n) is 2.65. The highest BCUT2D eigenvalue weighted by molar-refractivity contribution is 5.19. The van der Waals surface area contributed by atoms with Crippen LogP contribution >= 0.6 is 0 Å². The maximum Gasteiger partial charge on any atom is 0.256 e. The second kappa shape index (κ2) is 3.92. The summed E-state index contributed by atoms with van der Waals surface area (Å²) < 4.78 is 1.67. The van der Waals surface area contributed by atoms with Gasteiger partial charge in [0.2, 0.25) is 0 Å². The third kappa shape index (κ3) is 1.57. The van der Waals surface area contributed by atoms with Gasteiger partial charge in [-0.1, -0.05) is 0 Å². The SMILES string of the molecule is CCn1cnc2c(c1=O)CCNCC2. The molecule has 0 saturated heterocycles. The minimum Gasteiger partial charge on any atom is -0.316 e. The number of nitrogens with zero attached hydrogens (tertiary/aromatic N) is 2. The number of nitrogens with one attached hydrogen (secondary N) is 1. The van der Waals surface area contributed by atoms with E-state index >= 15 is 0 Å². The van der Waals surface area contributed by atoms with Crippen LogP contribution in [0.25, 0.3) is 0 Å². The normalized spacial score (nSPS) is 16.1. The Balaban J connectivity index is 2.50. The van der Waals surface area contributed by atoms with Gasteiger partial charge in [0.1, 0.15) is 0 Å². The highest BCUT2D eigenvalue weighted by Gasteiger charge is 2.13. The van der Waals surface area contributed by atoms with E-state index in [0.29, 0.717) is 6.54 Å². The van der Waals surface area contributed by atoms with Gasteiger partial charge < -0.3 is 5.32 Å². The number of aromatic nitrogens is 2. The molecule has 14 heavy (non-hydrogen) atoms. The van der Waals surface area contributed by atoms with Crippen LogP contribution in [0.3, 0.4) is 0 Å². The van der Waals surface area contributed by atoms with E-state index in [1.54, 1.807) is 10.9 Å². The fourth-order valence-electron chi connectivity index (χ4n) is 1.80. The number of aryl methyl sites for hydroxylation is 1. The Bertz CT molecular complexity index is 383. The summed E-state index contributed by atoms with van der Waals surface area (Å²) in [6, 6.07) is 0. The van der Waals surface area contributed by atoms with Gasteiger partial charge in [-0.05, 0) is 19.9 Å². The molecule has 0 aliphatic carbocycles. The van der Waals surface area contributed by atoms with Crippen LogP contribution in [0.2, 0.25) is 0 Å². The van der Waals surface area contributed by atoms with Crippen molar-refractivity contribution >= 4 is 0 Å². The van der Waals surface area contributed by atoms with Crippen molar-refractivity contribution < 1.29 is 0 Å². The summed E-state index contributed by atoms with van der Waals surface area (Å²) in [6.07, 6.45) is 3.34. The molecule has 0 atom stereocenters. The van der Waals surface area contributed by atoms with Gasteiger partial charge in [-0.2, -0.15) is 0 Å². The molecule has 4 nitrogen and oxygen atoms in total. The average molecular weight is 193 g/mol. The Morgan fingerprint density at radius 3 is 3.07 bits per heavy atom. The van der Waals surface area contributed by atoms with E-state index in [0.717, 1.165) is 37.2 Å². The zero-order valence-corrected chi connectivity index (χ0v) is 8.42. The van der Waals surface area contributed by atoms with Crippen molar-refractivity contribution in [2.45, 2.75) is 26.3 Å². The van der Waals surface area contributed by atoms with Crippen molar-refractivity contribution in [2.75, 3.05) is 13.1 Å². The molecule has 0 unspecified atom stereocenters. The van der Waals surface area contributed by atoms with Crippen LogP contribution in [0, 0.1) is 0 Å². The van der Waals surface area contributed by atoms with E-state index in [1.807, 2.05) is 6.92 Å². The molecular formula is C10H15N3O. The number of hydrogen-bond acceptors (Lipinski definition) is 3. The summed E-state index contributed by atoms with van der Waals surface area (Å²) >= 11 is 0. The molecule has 1 aromatic heterocycles. The summed E-state index contributed by atoms with van der Waals surface area (Å²) in [5.74, 6) is 0. The van der Waals surface area contributed by atoms with Gasteiger partial charge in [-0.25, -0.2) is 4.98 Å². The topological polar surface area (TPSA) is 46.9 Å². The third-order valence-corrected chi connectivity index (χ3v) is 2.65. The first-order valence-electron chi connectivity index (χ1n) is 5.11. The smallest absolute Gasteiger partial charge is 0.256 e. The van der Waals surface area contributed by atoms with Crippen molar-refractivity contribution in [3.8, 4) is 0 Å². The molecule has 0 bridgehead atoms. The van der Waals surface area contributed by atoms with Crippen molar-refractivity contribution in [1.82, 2.24) is 14.9 Å². The molecule has 0 fully saturated rings. The fraction of sp³-hybridized carbons (Fsp3) is 0.600. The van der Waals surface area contributed by atoms with Crippen molar-refractivity contribution in [1.29, 1.82) is 0 Å². The van der Waals surface area contributed by atoms with Crippen LogP contribution in [-0.4, -0.2) is 22.6 Å². The lowest BCUT2D eigenvalue weighted by Gasteiger charge is -2.06. The van der Waals surface area contributed by atoms with E-state index in [1.165, 1.54) is 0 Å². The molecule has 1 aliphatic rings. The average Bonchev–Trinajstić information content (AvgIpc) is 2.44. The lowest BCUT2D eigenvalue weighted by atomic mass is 10.1. The van der Waals surface area contributed by atoms with Gasteiger partial charge in [0.15, 0.2) is 0 Å². The summed E-state index contributed by atoms with van der Waals surface area (Å²) in [7, 11) is 0. The van der Waals surface area contributed by atoms with Crippen molar-refractivity contribution in [3.63, 3.8) is 0 Å². The molecule has 1 aromatic rings. The van der Waals surface area contributed by atoms with Crippen molar-refractivity contribution in [2.24, 2.45) is 0 Å². The van der Waals surface area contributed by atoms with Crippen LogP contribution in [0.5, 0.6) is 0 Å². The van der Waals surface area contributed by atoms with Gasteiger partial charge in [0, 0.05) is 25.1 Å². The Kier molecular flexibility index (Phi) is 2.63. The highest BCUT2D eigenvalue weighted by Crippen LogP contribution is 2.04. The molecule has 1 aliphatic heterocycles. The monoisotopic (exact) mass is 193 g/mol. The highest BCUT2D eigenvalue weighted by atomic mass is 16.1. The molecule has 1 N–H and O–H groups in total. The van der Waals surface area contributed by atoms with Gasteiger partial charge in [0.05, 0.1) is 12.0 Å². The maximum absolute atomic E-state index is 11.9. The van der Waals surface area contributed by atoms with E-state index in [2.05, 4.69) is 10.3 Å². The second-order valence-electron chi connectivity index (χ2n) is 3.51. The fourth-order valence-corrected chi connectivity index (χ4v) is 1.80. The number of rotatable bonds is 1.